The molecule has 0 aliphatic rings. The van der Waals surface area contributed by atoms with E-state index in [4.69, 9.17) is 16.3 Å². The molecule has 27 heavy (non-hydrogen) atoms. The van der Waals surface area contributed by atoms with E-state index in [9.17, 15) is 14.4 Å². The van der Waals surface area contributed by atoms with Crippen LogP contribution < -0.4 is 16.2 Å². The number of imide groups is 1. The average Bonchev–Trinajstić information content (AvgIpc) is 2.63. The van der Waals surface area contributed by atoms with Crippen LogP contribution in [0, 0.1) is 0 Å². The van der Waals surface area contributed by atoms with Crippen LogP contribution in [0.4, 0.5) is 4.79 Å². The van der Waals surface area contributed by atoms with Crippen molar-refractivity contribution in [3.8, 4) is 0 Å². The quantitative estimate of drug-likeness (QED) is 0.391. The fourth-order valence-corrected chi connectivity index (χ4v) is 3.16. The van der Waals surface area contributed by atoms with E-state index in [1.54, 1.807) is 18.2 Å². The molecule has 10 heteroatoms. The molecule has 1 aromatic carbocycles. The van der Waals surface area contributed by atoms with Gasteiger partial charge in [-0.1, -0.05) is 29.4 Å². The summed E-state index contributed by atoms with van der Waals surface area (Å²) in [6.07, 6.45) is 1.50. The fraction of sp³-hybridized carbons (Fsp3) is 0.294. The Labute approximate surface area is 164 Å². The molecule has 0 aliphatic carbocycles. The summed E-state index contributed by atoms with van der Waals surface area (Å²) in [6, 6.07) is 4.21. The highest BCUT2D eigenvalue weighted by molar-refractivity contribution is 7.99. The number of nitrogens with zero attached hydrogens (tertiary/aromatic N) is 2. The molecule has 144 valence electrons. The number of carbonyl (C=O) groups is 2. The van der Waals surface area contributed by atoms with E-state index in [0.717, 1.165) is 11.8 Å². The Kier molecular flexibility index (Phi) is 7.83. The standard InChI is InChI=1S/C17H19ClN4O4S/c1-3-6-19-16(25)21-14(23)10-27-17-20-13-9-11(18)4-5-12(13)15(24)22(17)7-8-26-2/h3-5,9H,1,6-8,10H2,2H3,(H2,19,21,23,25). The van der Waals surface area contributed by atoms with Crippen molar-refractivity contribution in [3.63, 3.8) is 0 Å². The number of nitrogens with one attached hydrogen (secondary N) is 2. The second-order valence-corrected chi connectivity index (χ2v) is 6.72. The normalized spacial score (nSPS) is 10.6. The Morgan fingerprint density at radius 2 is 2.22 bits per heavy atom. The molecule has 8 nitrogen and oxygen atoms in total. The smallest absolute Gasteiger partial charge is 0.321 e. The molecular weight excluding hydrogens is 392 g/mol. The third-order valence-corrected chi connectivity index (χ3v) is 4.61. The van der Waals surface area contributed by atoms with E-state index in [1.807, 2.05) is 0 Å². The number of hydrogen-bond donors (Lipinski definition) is 2. The van der Waals surface area contributed by atoms with E-state index in [2.05, 4.69) is 22.2 Å². The van der Waals surface area contributed by atoms with Crippen LogP contribution in [-0.4, -0.2) is 47.5 Å². The Morgan fingerprint density at radius 3 is 2.93 bits per heavy atom. The molecule has 0 aliphatic heterocycles. The van der Waals surface area contributed by atoms with Gasteiger partial charge in [-0.05, 0) is 18.2 Å². The maximum absolute atomic E-state index is 12.7. The molecule has 0 unspecified atom stereocenters. The maximum atomic E-state index is 12.7. The van der Waals surface area contributed by atoms with Crippen molar-refractivity contribution in [1.82, 2.24) is 20.2 Å². The Morgan fingerprint density at radius 1 is 1.44 bits per heavy atom. The van der Waals surface area contributed by atoms with Crippen molar-refractivity contribution in [1.29, 1.82) is 0 Å². The number of hydrogen-bond acceptors (Lipinski definition) is 6. The third-order valence-electron chi connectivity index (χ3n) is 3.39. The van der Waals surface area contributed by atoms with Gasteiger partial charge in [-0.25, -0.2) is 9.78 Å². The zero-order chi connectivity index (χ0) is 19.8. The Hall–Kier alpha value is -2.36. The van der Waals surface area contributed by atoms with Crippen molar-refractivity contribution in [3.05, 3.63) is 46.2 Å². The van der Waals surface area contributed by atoms with Crippen molar-refractivity contribution in [2.45, 2.75) is 11.7 Å². The Bertz CT molecular complexity index is 916. The van der Waals surface area contributed by atoms with Crippen LogP contribution in [0.3, 0.4) is 0 Å². The van der Waals surface area contributed by atoms with E-state index in [1.165, 1.54) is 17.8 Å². The van der Waals surface area contributed by atoms with Gasteiger partial charge in [0.2, 0.25) is 5.91 Å². The molecule has 0 bridgehead atoms. The number of aromatic nitrogens is 2. The number of carbonyl (C=O) groups excluding carboxylic acids is 2. The number of methoxy groups -OCH3 is 1. The molecule has 0 saturated heterocycles. The lowest BCUT2D eigenvalue weighted by Crippen LogP contribution is -2.40. The fourth-order valence-electron chi connectivity index (χ4n) is 2.17. The molecule has 1 heterocycles. The third kappa shape index (κ3) is 5.81. The van der Waals surface area contributed by atoms with Gasteiger partial charge >= 0.3 is 6.03 Å². The van der Waals surface area contributed by atoms with Crippen LogP contribution in [0.5, 0.6) is 0 Å². The van der Waals surface area contributed by atoms with Gasteiger partial charge in [0.15, 0.2) is 5.16 Å². The largest absolute Gasteiger partial charge is 0.383 e. The number of halogens is 1. The summed E-state index contributed by atoms with van der Waals surface area (Å²) in [5.74, 6) is -0.604. The summed E-state index contributed by atoms with van der Waals surface area (Å²) in [6.45, 7) is 4.31. The van der Waals surface area contributed by atoms with Gasteiger partial charge in [-0.2, -0.15) is 0 Å². The molecule has 0 saturated carbocycles. The molecule has 3 amide bonds. The summed E-state index contributed by atoms with van der Waals surface area (Å²) < 4.78 is 6.48. The molecule has 1 aromatic heterocycles. The number of rotatable bonds is 8. The topological polar surface area (TPSA) is 102 Å². The second-order valence-electron chi connectivity index (χ2n) is 5.34. The van der Waals surface area contributed by atoms with E-state index in [0.29, 0.717) is 27.7 Å². The van der Waals surface area contributed by atoms with Crippen LogP contribution in [-0.2, 0) is 16.1 Å². The summed E-state index contributed by atoms with van der Waals surface area (Å²) in [5.41, 5.74) is 0.188. The van der Waals surface area contributed by atoms with Gasteiger partial charge in [-0.3, -0.25) is 19.5 Å². The summed E-state index contributed by atoms with van der Waals surface area (Å²) in [4.78, 5) is 40.6. The summed E-state index contributed by atoms with van der Waals surface area (Å²) in [5, 5.41) is 5.85. The van der Waals surface area contributed by atoms with Crippen molar-refractivity contribution < 1.29 is 14.3 Å². The summed E-state index contributed by atoms with van der Waals surface area (Å²) >= 11 is 7.03. The first kappa shape index (κ1) is 20.9. The van der Waals surface area contributed by atoms with Gasteiger partial charge in [0.1, 0.15) is 0 Å². The van der Waals surface area contributed by atoms with Crippen molar-refractivity contribution >= 4 is 46.2 Å². The molecule has 2 aromatic rings. The minimum absolute atomic E-state index is 0.0903. The molecular formula is C17H19ClN4O4S. The summed E-state index contributed by atoms with van der Waals surface area (Å²) in [7, 11) is 1.53. The first-order chi connectivity index (χ1) is 13.0. The molecule has 0 radical (unpaired) electrons. The second kappa shape index (κ2) is 10.1. The number of fused-ring (bicyclic) bond motifs is 1. The first-order valence-corrected chi connectivity index (χ1v) is 9.33. The minimum atomic E-state index is -0.615. The highest BCUT2D eigenvalue weighted by atomic mass is 35.5. The SMILES string of the molecule is C=CCNC(=O)NC(=O)CSc1nc2cc(Cl)ccc2c(=O)n1CCOC. The van der Waals surface area contributed by atoms with Crippen LogP contribution in [0.15, 0.2) is 40.8 Å². The molecule has 2 rings (SSSR count). The van der Waals surface area contributed by atoms with Gasteiger partial charge in [0, 0.05) is 18.7 Å². The lowest BCUT2D eigenvalue weighted by Gasteiger charge is -2.13. The van der Waals surface area contributed by atoms with E-state index >= 15 is 0 Å². The molecule has 0 fully saturated rings. The highest BCUT2D eigenvalue weighted by Crippen LogP contribution is 2.20. The van der Waals surface area contributed by atoms with Gasteiger partial charge in [-0.15, -0.1) is 6.58 Å². The molecule has 0 atom stereocenters. The number of ether oxygens (including phenoxy) is 1. The van der Waals surface area contributed by atoms with Crippen LogP contribution in [0.1, 0.15) is 0 Å². The van der Waals surface area contributed by atoms with E-state index < -0.39 is 11.9 Å². The average molecular weight is 411 g/mol. The zero-order valence-electron chi connectivity index (χ0n) is 14.7. The minimum Gasteiger partial charge on any atom is -0.383 e. The Balaban J connectivity index is 2.22. The molecule has 2 N–H and O–H groups in total. The van der Waals surface area contributed by atoms with Gasteiger partial charge in [0.25, 0.3) is 5.56 Å². The van der Waals surface area contributed by atoms with E-state index in [-0.39, 0.29) is 24.4 Å². The molecule has 0 spiro atoms. The number of thioether (sulfide) groups is 1. The predicted molar refractivity (Wildman–Crippen MR) is 105 cm³/mol. The van der Waals surface area contributed by atoms with Crippen molar-refractivity contribution in [2.75, 3.05) is 26.0 Å². The van der Waals surface area contributed by atoms with Crippen LogP contribution in [0.2, 0.25) is 5.02 Å². The predicted octanol–water partition coefficient (Wildman–Crippen LogP) is 1.80. The maximum Gasteiger partial charge on any atom is 0.321 e. The van der Waals surface area contributed by atoms with Crippen LogP contribution in [0.25, 0.3) is 10.9 Å². The monoisotopic (exact) mass is 410 g/mol. The number of urea groups is 1. The lowest BCUT2D eigenvalue weighted by atomic mass is 10.2. The van der Waals surface area contributed by atoms with Crippen molar-refractivity contribution in [2.24, 2.45) is 0 Å². The number of benzene rings is 1. The van der Waals surface area contributed by atoms with Gasteiger partial charge < -0.3 is 10.1 Å². The van der Waals surface area contributed by atoms with Gasteiger partial charge in [0.05, 0.1) is 29.8 Å². The first-order valence-electron chi connectivity index (χ1n) is 7.96. The number of amides is 3. The lowest BCUT2D eigenvalue weighted by molar-refractivity contribution is -0.117. The van der Waals surface area contributed by atoms with Crippen LogP contribution >= 0.6 is 23.4 Å². The zero-order valence-corrected chi connectivity index (χ0v) is 16.2. The highest BCUT2D eigenvalue weighted by Gasteiger charge is 2.14.